The van der Waals surface area contributed by atoms with Gasteiger partial charge in [-0.15, -0.1) is 0 Å². The van der Waals surface area contributed by atoms with Gasteiger partial charge < -0.3 is 9.26 Å². The van der Waals surface area contributed by atoms with E-state index in [2.05, 4.69) is 5.16 Å². The van der Waals surface area contributed by atoms with Crippen molar-refractivity contribution in [1.82, 2.24) is 5.16 Å². The maximum absolute atomic E-state index is 12.9. The molecule has 0 spiro atoms. The number of carbonyl (C=O) groups excluding carboxylic acids is 2. The molecular weight excluding hydrogens is 370 g/mol. The van der Waals surface area contributed by atoms with Crippen molar-refractivity contribution in [2.45, 2.75) is 50.5 Å². The molecule has 1 aromatic carbocycles. The van der Waals surface area contributed by atoms with Crippen LogP contribution in [0.2, 0.25) is 0 Å². The molecule has 0 amide bonds. The molecule has 3 rings (SSSR count). The van der Waals surface area contributed by atoms with Crippen molar-refractivity contribution in [1.29, 1.82) is 0 Å². The number of ether oxygens (including phenoxy) is 1. The molecule has 0 atom stereocenters. The molecule has 1 heterocycles. The van der Waals surface area contributed by atoms with Crippen LogP contribution in [0.5, 0.6) is 0 Å². The van der Waals surface area contributed by atoms with Crippen LogP contribution in [-0.2, 0) is 14.6 Å². The molecule has 7 nitrogen and oxygen atoms in total. The third kappa shape index (κ3) is 3.80. The molecule has 0 aliphatic heterocycles. The molecular formula is C19H21NO6S. The van der Waals surface area contributed by atoms with Crippen LogP contribution in [0.15, 0.2) is 27.9 Å². The summed E-state index contributed by atoms with van der Waals surface area (Å²) in [6.45, 7) is 4.92. The van der Waals surface area contributed by atoms with Gasteiger partial charge in [0.25, 0.3) is 0 Å². The molecule has 0 radical (unpaired) electrons. The Morgan fingerprint density at radius 3 is 2.44 bits per heavy atom. The summed E-state index contributed by atoms with van der Waals surface area (Å²) in [5.41, 5.74) is 1.20. The van der Waals surface area contributed by atoms with E-state index in [4.69, 9.17) is 9.26 Å². The summed E-state index contributed by atoms with van der Waals surface area (Å²) in [4.78, 5) is 25.6. The summed E-state index contributed by atoms with van der Waals surface area (Å²) in [6, 6.07) is 1.59. The third-order valence-corrected chi connectivity index (χ3v) is 5.62. The average molecular weight is 391 g/mol. The predicted molar refractivity (Wildman–Crippen MR) is 96.8 cm³/mol. The summed E-state index contributed by atoms with van der Waals surface area (Å²) < 4.78 is 35.1. The van der Waals surface area contributed by atoms with Crippen molar-refractivity contribution in [2.75, 3.05) is 6.26 Å². The van der Waals surface area contributed by atoms with Gasteiger partial charge in [0.05, 0.1) is 28.3 Å². The minimum Gasteiger partial charge on any atom is -0.459 e. The van der Waals surface area contributed by atoms with Gasteiger partial charge in [0.2, 0.25) is 0 Å². The lowest BCUT2D eigenvalue weighted by atomic mass is 9.92. The van der Waals surface area contributed by atoms with Gasteiger partial charge in [-0.3, -0.25) is 4.79 Å². The lowest BCUT2D eigenvalue weighted by Crippen LogP contribution is -2.20. The van der Waals surface area contributed by atoms with Crippen molar-refractivity contribution in [3.05, 3.63) is 46.3 Å². The Labute approximate surface area is 157 Å². The molecule has 1 aliphatic carbocycles. The number of nitrogens with zero attached hydrogens (tertiary/aromatic N) is 1. The van der Waals surface area contributed by atoms with E-state index in [9.17, 15) is 18.0 Å². The summed E-state index contributed by atoms with van der Waals surface area (Å²) in [6.07, 6.45) is 4.77. The highest BCUT2D eigenvalue weighted by Gasteiger charge is 2.36. The molecule has 0 unspecified atom stereocenters. The highest BCUT2D eigenvalue weighted by atomic mass is 32.2. The van der Waals surface area contributed by atoms with Gasteiger partial charge in [-0.05, 0) is 56.7 Å². The van der Waals surface area contributed by atoms with Gasteiger partial charge >= 0.3 is 5.97 Å². The zero-order valence-corrected chi connectivity index (χ0v) is 16.4. The van der Waals surface area contributed by atoms with Crippen molar-refractivity contribution < 1.29 is 27.3 Å². The molecule has 1 saturated carbocycles. The number of hydrogen-bond donors (Lipinski definition) is 0. The first-order chi connectivity index (χ1) is 12.6. The summed E-state index contributed by atoms with van der Waals surface area (Å²) in [5.74, 6) is -1.12. The zero-order valence-electron chi connectivity index (χ0n) is 15.6. The molecule has 144 valence electrons. The quantitative estimate of drug-likeness (QED) is 0.550. The SMILES string of the molecule is Cc1c(C(=O)c2cnoc2)cc(C2CC2)c(S(C)(=O)=O)c1C(=O)OC(C)C. The summed E-state index contributed by atoms with van der Waals surface area (Å²) >= 11 is 0. The number of rotatable bonds is 6. The topological polar surface area (TPSA) is 104 Å². The van der Waals surface area contributed by atoms with Gasteiger partial charge in [0.1, 0.15) is 6.26 Å². The lowest BCUT2D eigenvalue weighted by Gasteiger charge is -2.19. The maximum Gasteiger partial charge on any atom is 0.340 e. The average Bonchev–Trinajstić information content (AvgIpc) is 3.26. The highest BCUT2D eigenvalue weighted by molar-refractivity contribution is 7.90. The standard InChI is InChI=1S/C19H21NO6S/c1-10(2)26-19(22)16-11(3)14(17(21)13-8-20-25-9-13)7-15(12-5-6-12)18(16)27(4,23)24/h7-10,12H,5-6H2,1-4H3. The molecule has 1 fully saturated rings. The molecule has 1 aliphatic rings. The first-order valence-corrected chi connectivity index (χ1v) is 10.5. The fourth-order valence-electron chi connectivity index (χ4n) is 3.10. The second kappa shape index (κ2) is 6.92. The molecule has 8 heteroatoms. The monoisotopic (exact) mass is 391 g/mol. The van der Waals surface area contributed by atoms with Crippen LogP contribution in [0, 0.1) is 6.92 Å². The Kier molecular flexibility index (Phi) is 4.94. The fraction of sp³-hybridized carbons (Fsp3) is 0.421. The van der Waals surface area contributed by atoms with Crippen LogP contribution >= 0.6 is 0 Å². The van der Waals surface area contributed by atoms with E-state index in [1.165, 1.54) is 12.5 Å². The van der Waals surface area contributed by atoms with Crippen molar-refractivity contribution in [2.24, 2.45) is 0 Å². The zero-order chi connectivity index (χ0) is 19.9. The Morgan fingerprint density at radius 1 is 1.30 bits per heavy atom. The van der Waals surface area contributed by atoms with Gasteiger partial charge in [-0.2, -0.15) is 0 Å². The van der Waals surface area contributed by atoms with E-state index in [0.717, 1.165) is 19.1 Å². The number of esters is 1. The van der Waals surface area contributed by atoms with Gasteiger partial charge in [0.15, 0.2) is 15.6 Å². The van der Waals surface area contributed by atoms with E-state index in [1.54, 1.807) is 26.8 Å². The lowest BCUT2D eigenvalue weighted by molar-refractivity contribution is 0.0372. The first kappa shape index (κ1) is 19.3. The highest BCUT2D eigenvalue weighted by Crippen LogP contribution is 2.45. The maximum atomic E-state index is 12.9. The van der Waals surface area contributed by atoms with E-state index < -0.39 is 21.9 Å². The first-order valence-electron chi connectivity index (χ1n) is 8.63. The van der Waals surface area contributed by atoms with E-state index in [1.807, 2.05) is 0 Å². The predicted octanol–water partition coefficient (Wildman–Crippen LogP) is 3.06. The van der Waals surface area contributed by atoms with Crippen molar-refractivity contribution in [3.63, 3.8) is 0 Å². The molecule has 0 bridgehead atoms. The van der Waals surface area contributed by atoms with Crippen LogP contribution < -0.4 is 0 Å². The van der Waals surface area contributed by atoms with E-state index in [0.29, 0.717) is 5.56 Å². The Hall–Kier alpha value is -2.48. The van der Waals surface area contributed by atoms with Crippen LogP contribution in [0.3, 0.4) is 0 Å². The van der Waals surface area contributed by atoms with Crippen LogP contribution in [0.25, 0.3) is 0 Å². The normalized spacial score (nSPS) is 14.4. The van der Waals surface area contributed by atoms with Crippen LogP contribution in [0.4, 0.5) is 0 Å². The smallest absolute Gasteiger partial charge is 0.340 e. The fourth-order valence-corrected chi connectivity index (χ4v) is 4.36. The number of hydrogen-bond acceptors (Lipinski definition) is 7. The van der Waals surface area contributed by atoms with Gasteiger partial charge in [-0.25, -0.2) is 13.2 Å². The van der Waals surface area contributed by atoms with Crippen molar-refractivity contribution >= 4 is 21.6 Å². The molecule has 27 heavy (non-hydrogen) atoms. The van der Waals surface area contributed by atoms with Gasteiger partial charge in [0, 0.05) is 11.8 Å². The van der Waals surface area contributed by atoms with E-state index in [-0.39, 0.29) is 38.9 Å². The summed E-state index contributed by atoms with van der Waals surface area (Å²) in [7, 11) is -3.71. The number of carbonyl (C=O) groups is 2. The summed E-state index contributed by atoms with van der Waals surface area (Å²) in [5, 5.41) is 3.54. The number of sulfone groups is 1. The molecule has 0 saturated heterocycles. The Bertz CT molecular complexity index is 1000. The van der Waals surface area contributed by atoms with Gasteiger partial charge in [-0.1, -0.05) is 5.16 Å². The van der Waals surface area contributed by atoms with Crippen molar-refractivity contribution in [3.8, 4) is 0 Å². The molecule has 1 aromatic heterocycles. The van der Waals surface area contributed by atoms with Crippen LogP contribution in [-0.4, -0.2) is 37.7 Å². The molecule has 2 aromatic rings. The second-order valence-corrected chi connectivity index (χ2v) is 9.04. The minimum absolute atomic E-state index is 0.00921. The molecule has 0 N–H and O–H groups in total. The number of ketones is 1. The van der Waals surface area contributed by atoms with Crippen LogP contribution in [0.1, 0.15) is 70.0 Å². The van der Waals surface area contributed by atoms with E-state index >= 15 is 0 Å². The Morgan fingerprint density at radius 2 is 1.96 bits per heavy atom. The number of aromatic nitrogens is 1. The minimum atomic E-state index is -3.71. The second-order valence-electron chi connectivity index (χ2n) is 7.09. The third-order valence-electron chi connectivity index (χ3n) is 4.44. The number of benzene rings is 1. The largest absolute Gasteiger partial charge is 0.459 e. The Balaban J connectivity index is 2.30.